The lowest BCUT2D eigenvalue weighted by atomic mass is 10.1. The molecule has 0 saturated heterocycles. The molecule has 0 radical (unpaired) electrons. The van der Waals surface area contributed by atoms with Crippen LogP contribution in [-0.4, -0.2) is 80.6 Å². The van der Waals surface area contributed by atoms with E-state index in [9.17, 15) is 23.8 Å². The van der Waals surface area contributed by atoms with E-state index in [1.807, 2.05) is 0 Å². The third kappa shape index (κ3) is 6.38. The summed E-state index contributed by atoms with van der Waals surface area (Å²) in [5, 5.41) is 33.0. The molecule has 1 aromatic carbocycles. The van der Waals surface area contributed by atoms with E-state index in [1.165, 1.54) is 11.0 Å². The average Bonchev–Trinajstić information content (AvgIpc) is 3.58. The summed E-state index contributed by atoms with van der Waals surface area (Å²) in [5.41, 5.74) is 6.15. The monoisotopic (exact) mass is 551 g/mol. The maximum Gasteiger partial charge on any atom is 0.416 e. The van der Waals surface area contributed by atoms with Gasteiger partial charge in [-0.1, -0.05) is 6.07 Å². The number of aromatic nitrogens is 2. The van der Waals surface area contributed by atoms with Crippen LogP contribution in [0.15, 0.2) is 18.2 Å². The van der Waals surface area contributed by atoms with Gasteiger partial charge in [-0.05, 0) is 58.2 Å². The van der Waals surface area contributed by atoms with Crippen molar-refractivity contribution in [3.8, 4) is 0 Å². The number of nitrogens with two attached hydrogens (primary N) is 1. The Bertz CT molecular complexity index is 1210. The van der Waals surface area contributed by atoms with Gasteiger partial charge in [-0.2, -0.15) is 0 Å². The predicted octanol–water partition coefficient (Wildman–Crippen LogP) is 2.23. The number of carbonyl (C=O) groups excluding carboxylic acids is 1. The number of aliphatic hydroxyl groups excluding tert-OH is 3. The van der Waals surface area contributed by atoms with Gasteiger partial charge in [-0.3, -0.25) is 4.90 Å². The zero-order valence-corrected chi connectivity index (χ0v) is 22.3. The largest absolute Gasteiger partial charge is 0.443 e. The first-order valence-electron chi connectivity index (χ1n) is 12.8. The second kappa shape index (κ2) is 11.2. The minimum Gasteiger partial charge on any atom is -0.443 e. The molecule has 13 heteroatoms. The van der Waals surface area contributed by atoms with Gasteiger partial charge >= 0.3 is 6.09 Å². The number of aliphatic hydroxyl groups is 3. The number of hydrogen-bond acceptors (Lipinski definition) is 10. The second-order valence-electron chi connectivity index (χ2n) is 10.9. The number of nitrogens with one attached hydrogen (secondary N) is 1. The van der Waals surface area contributed by atoms with E-state index in [-0.39, 0.29) is 48.7 Å². The first-order valence-corrected chi connectivity index (χ1v) is 12.8. The summed E-state index contributed by atoms with van der Waals surface area (Å²) in [4.78, 5) is 23.5. The Kier molecular flexibility index (Phi) is 8.26. The summed E-state index contributed by atoms with van der Waals surface area (Å²) in [7, 11) is 0. The van der Waals surface area contributed by atoms with Crippen molar-refractivity contribution < 1.29 is 38.4 Å². The smallest absolute Gasteiger partial charge is 0.416 e. The van der Waals surface area contributed by atoms with Crippen molar-refractivity contribution in [3.05, 3.63) is 41.2 Å². The number of nitrogens with zero attached hydrogens (tertiary/aromatic N) is 3. The molecule has 0 spiro atoms. The number of nitrogen functional groups attached to an aromatic ring is 1. The van der Waals surface area contributed by atoms with E-state index in [4.69, 9.17) is 20.3 Å². The minimum atomic E-state index is -1.21. The molecule has 39 heavy (non-hydrogen) atoms. The molecule has 214 valence electrons. The second-order valence-corrected chi connectivity index (χ2v) is 10.9. The molecule has 2 aliphatic rings. The standard InChI is InChI=1S/C26H35F2N5O6/c1-12-30-23(32-17-11-19(38-8-7-34)22(36)21(17)35)20(29)24(31-12)33(25(37)39-26(2,3)4)18-10-14(18)13-5-6-15(27)16(28)9-13/h5-6,9,14,17-19,21-22,34-36H,7-8,10-11,29H2,1-4H3,(H,30,31,32)/t14-,17+,18?,19-,21-,22+/m0/s1. The Morgan fingerprint density at radius 2 is 1.90 bits per heavy atom. The highest BCUT2D eigenvalue weighted by molar-refractivity contribution is 5.94. The fourth-order valence-electron chi connectivity index (χ4n) is 4.80. The van der Waals surface area contributed by atoms with Gasteiger partial charge in [0.05, 0.1) is 25.4 Å². The SMILES string of the molecule is Cc1nc(N[C@@H]2C[C@H](OCCO)[C@@H](O)[C@H]2O)c(N)c(N(C(=O)OC(C)(C)C)C2C[C@H]2c2ccc(F)c(F)c2)n1. The van der Waals surface area contributed by atoms with Gasteiger partial charge in [0.15, 0.2) is 23.3 Å². The molecule has 4 rings (SSSR count). The van der Waals surface area contributed by atoms with Crippen molar-refractivity contribution in [2.24, 2.45) is 0 Å². The van der Waals surface area contributed by atoms with E-state index < -0.39 is 53.7 Å². The molecule has 1 aromatic heterocycles. The van der Waals surface area contributed by atoms with Gasteiger partial charge in [0.2, 0.25) is 0 Å². The van der Waals surface area contributed by atoms with Crippen LogP contribution in [0.3, 0.4) is 0 Å². The Morgan fingerprint density at radius 3 is 2.54 bits per heavy atom. The lowest BCUT2D eigenvalue weighted by Crippen LogP contribution is -2.40. The molecule has 1 unspecified atom stereocenters. The predicted molar refractivity (Wildman–Crippen MR) is 138 cm³/mol. The quantitative estimate of drug-likeness (QED) is 0.329. The molecule has 2 saturated carbocycles. The number of benzene rings is 1. The first-order chi connectivity index (χ1) is 18.3. The zero-order valence-electron chi connectivity index (χ0n) is 22.3. The molecule has 2 fully saturated rings. The summed E-state index contributed by atoms with van der Waals surface area (Å²) in [5.74, 6) is -1.79. The van der Waals surface area contributed by atoms with Crippen molar-refractivity contribution in [1.82, 2.24) is 9.97 Å². The van der Waals surface area contributed by atoms with E-state index in [0.29, 0.717) is 12.0 Å². The highest BCUT2D eigenvalue weighted by Gasteiger charge is 2.49. The van der Waals surface area contributed by atoms with Crippen molar-refractivity contribution in [3.63, 3.8) is 0 Å². The number of carbonyl (C=O) groups is 1. The number of ether oxygens (including phenoxy) is 2. The van der Waals surface area contributed by atoms with Crippen LogP contribution in [0, 0.1) is 18.6 Å². The average molecular weight is 552 g/mol. The highest BCUT2D eigenvalue weighted by atomic mass is 19.2. The molecule has 1 amide bonds. The van der Waals surface area contributed by atoms with Crippen molar-refractivity contribution in [1.29, 1.82) is 0 Å². The van der Waals surface area contributed by atoms with Crippen LogP contribution in [0.2, 0.25) is 0 Å². The Labute approximate surface area is 225 Å². The summed E-state index contributed by atoms with van der Waals surface area (Å²) < 4.78 is 38.5. The third-order valence-corrected chi connectivity index (χ3v) is 6.69. The maximum atomic E-state index is 13.9. The first kappa shape index (κ1) is 28.9. The lowest BCUT2D eigenvalue weighted by molar-refractivity contribution is -0.0612. The van der Waals surface area contributed by atoms with E-state index in [2.05, 4.69) is 15.3 Å². The van der Waals surface area contributed by atoms with Crippen LogP contribution in [-0.2, 0) is 9.47 Å². The molecule has 0 bridgehead atoms. The summed E-state index contributed by atoms with van der Waals surface area (Å²) in [6.07, 6.45) is -3.20. The molecule has 1 heterocycles. The number of hydrogen-bond donors (Lipinski definition) is 5. The van der Waals surface area contributed by atoms with Crippen LogP contribution in [0.1, 0.15) is 50.9 Å². The summed E-state index contributed by atoms with van der Waals surface area (Å²) >= 11 is 0. The molecular weight excluding hydrogens is 516 g/mol. The molecular formula is C26H35F2N5O6. The van der Waals surface area contributed by atoms with Gasteiger partial charge in [0.25, 0.3) is 0 Å². The van der Waals surface area contributed by atoms with E-state index in [1.54, 1.807) is 27.7 Å². The van der Waals surface area contributed by atoms with Crippen molar-refractivity contribution >= 4 is 23.4 Å². The molecule has 6 atom stereocenters. The van der Waals surface area contributed by atoms with Crippen LogP contribution >= 0.6 is 0 Å². The lowest BCUT2D eigenvalue weighted by Gasteiger charge is -2.29. The Morgan fingerprint density at radius 1 is 1.18 bits per heavy atom. The summed E-state index contributed by atoms with van der Waals surface area (Å²) in [6, 6.07) is 2.43. The topological polar surface area (TPSA) is 163 Å². The number of aryl methyl sites for hydroxylation is 1. The van der Waals surface area contributed by atoms with Crippen molar-refractivity contribution in [2.75, 3.05) is 29.2 Å². The Balaban J connectivity index is 1.65. The minimum absolute atomic E-state index is 0.00353. The van der Waals surface area contributed by atoms with Gasteiger partial charge in [-0.25, -0.2) is 23.5 Å². The van der Waals surface area contributed by atoms with Gasteiger partial charge in [-0.15, -0.1) is 0 Å². The zero-order chi connectivity index (χ0) is 28.6. The van der Waals surface area contributed by atoms with Gasteiger partial charge in [0, 0.05) is 12.0 Å². The number of rotatable bonds is 8. The van der Waals surface area contributed by atoms with Gasteiger partial charge in [0.1, 0.15) is 29.3 Å². The van der Waals surface area contributed by atoms with E-state index >= 15 is 0 Å². The third-order valence-electron chi connectivity index (χ3n) is 6.69. The van der Waals surface area contributed by atoms with Crippen LogP contribution in [0.5, 0.6) is 0 Å². The molecule has 2 aromatic rings. The fourth-order valence-corrected chi connectivity index (χ4v) is 4.80. The number of anilines is 3. The molecule has 0 aliphatic heterocycles. The van der Waals surface area contributed by atoms with Crippen LogP contribution < -0.4 is 16.0 Å². The number of halogens is 2. The molecule has 2 aliphatic carbocycles. The Hall–Kier alpha value is -3.13. The molecule has 6 N–H and O–H groups in total. The summed E-state index contributed by atoms with van der Waals surface area (Å²) in [6.45, 7) is 6.52. The molecule has 11 nitrogen and oxygen atoms in total. The van der Waals surface area contributed by atoms with Gasteiger partial charge < -0.3 is 35.8 Å². The maximum absolute atomic E-state index is 13.9. The fraction of sp³-hybridized carbons (Fsp3) is 0.577. The van der Waals surface area contributed by atoms with Crippen LogP contribution in [0.4, 0.5) is 30.9 Å². The number of amides is 1. The normalized spacial score (nSPS) is 26.4. The van der Waals surface area contributed by atoms with Crippen molar-refractivity contribution in [2.45, 2.75) is 82.5 Å². The van der Waals surface area contributed by atoms with E-state index in [0.717, 1.165) is 12.1 Å². The van der Waals surface area contributed by atoms with Crippen LogP contribution in [0.25, 0.3) is 0 Å². The highest BCUT2D eigenvalue weighted by Crippen LogP contribution is 2.48.